The molecule has 1 aliphatic rings. The number of hydrogen-bond donors (Lipinski definition) is 1. The number of rotatable bonds is 7. The third-order valence-electron chi connectivity index (χ3n) is 6.67. The van der Waals surface area contributed by atoms with Crippen molar-refractivity contribution in [3.63, 3.8) is 0 Å². The number of amides is 2. The summed E-state index contributed by atoms with van der Waals surface area (Å²) in [5.74, 6) is -2.59. The van der Waals surface area contributed by atoms with Gasteiger partial charge in [0, 0.05) is 35.2 Å². The van der Waals surface area contributed by atoms with E-state index in [1.54, 1.807) is 6.92 Å². The van der Waals surface area contributed by atoms with Gasteiger partial charge in [-0.1, -0.05) is 62.2 Å². The van der Waals surface area contributed by atoms with Gasteiger partial charge >= 0.3 is 12.0 Å². The number of ether oxygens (including phenoxy) is 1. The Labute approximate surface area is 231 Å². The molecule has 1 saturated heterocycles. The van der Waals surface area contributed by atoms with Crippen molar-refractivity contribution in [1.82, 2.24) is 10.2 Å². The molecule has 1 aliphatic heterocycles. The van der Waals surface area contributed by atoms with Crippen LogP contribution < -0.4 is 5.32 Å². The van der Waals surface area contributed by atoms with E-state index in [0.717, 1.165) is 6.07 Å². The zero-order valence-corrected chi connectivity index (χ0v) is 23.3. The smallest absolute Gasteiger partial charge is 0.318 e. The van der Waals surface area contributed by atoms with E-state index in [4.69, 9.17) is 27.9 Å². The molecule has 1 N–H and O–H groups in total. The maximum atomic E-state index is 15.6. The van der Waals surface area contributed by atoms with Crippen LogP contribution in [0.3, 0.4) is 0 Å². The Bertz CT molecular complexity index is 1240. The number of nitrogens with zero attached hydrogens (tertiary/aromatic N) is 2. The van der Waals surface area contributed by atoms with Crippen LogP contribution in [0.15, 0.2) is 36.4 Å². The maximum Gasteiger partial charge on any atom is 0.318 e. The van der Waals surface area contributed by atoms with Gasteiger partial charge < -0.3 is 15.0 Å². The van der Waals surface area contributed by atoms with E-state index in [1.165, 1.54) is 35.2 Å². The predicted molar refractivity (Wildman–Crippen MR) is 142 cm³/mol. The first-order valence-electron chi connectivity index (χ1n) is 12.4. The summed E-state index contributed by atoms with van der Waals surface area (Å²) in [6.07, 6.45) is 0.359. The van der Waals surface area contributed by atoms with Gasteiger partial charge in [-0.25, -0.2) is 13.6 Å². The molecular formula is C28H31Cl2F2N3O3. The van der Waals surface area contributed by atoms with Crippen molar-refractivity contribution in [3.8, 4) is 6.07 Å². The minimum Gasteiger partial charge on any atom is -0.466 e. The highest BCUT2D eigenvalue weighted by atomic mass is 35.5. The van der Waals surface area contributed by atoms with Crippen molar-refractivity contribution in [3.05, 3.63) is 69.2 Å². The van der Waals surface area contributed by atoms with Gasteiger partial charge in [-0.2, -0.15) is 5.26 Å². The standard InChI is InChI=1S/C28H31Cl2F2N3O3/c1-5-38-23(36)11-12-34-26(37)35-15-17(14-27(2,3)4)28(16-33,20-10-9-18(29)13-22(20)31)25(35)19-7-6-8-21(30)24(19)32/h6-10,13,17,25H,5,11-12,14-15H2,1-4H3,(H,34,37)/t17-,25-,28-/m1/s1. The number of carbonyl (C=O) groups is 2. The SMILES string of the molecule is CCOC(=O)CCNC(=O)N1C[C@@H](CC(C)(C)C)[C@](C#N)(c2ccc(Cl)cc2F)[C@H]1c1cccc(Cl)c1F. The fourth-order valence-electron chi connectivity index (χ4n) is 5.28. The zero-order valence-electron chi connectivity index (χ0n) is 21.8. The lowest BCUT2D eigenvalue weighted by Gasteiger charge is -2.38. The van der Waals surface area contributed by atoms with Crippen LogP contribution in [0, 0.1) is 34.3 Å². The summed E-state index contributed by atoms with van der Waals surface area (Å²) in [7, 11) is 0. The molecule has 6 nitrogen and oxygen atoms in total. The van der Waals surface area contributed by atoms with Crippen molar-refractivity contribution in [2.45, 2.75) is 52.0 Å². The Kier molecular flexibility index (Phi) is 9.27. The highest BCUT2D eigenvalue weighted by molar-refractivity contribution is 6.31. The molecule has 0 radical (unpaired) electrons. The molecule has 0 bridgehead atoms. The number of hydrogen-bond acceptors (Lipinski definition) is 4. The van der Waals surface area contributed by atoms with E-state index in [1.807, 2.05) is 20.8 Å². The molecule has 204 valence electrons. The number of urea groups is 1. The van der Waals surface area contributed by atoms with Crippen LogP contribution in [-0.4, -0.2) is 36.6 Å². The molecule has 2 aromatic carbocycles. The summed E-state index contributed by atoms with van der Waals surface area (Å²) in [5, 5.41) is 13.4. The Balaban J connectivity index is 2.20. The summed E-state index contributed by atoms with van der Waals surface area (Å²) < 4.78 is 36.1. The maximum absolute atomic E-state index is 15.6. The van der Waals surface area contributed by atoms with Gasteiger partial charge in [0.1, 0.15) is 17.0 Å². The van der Waals surface area contributed by atoms with Gasteiger partial charge in [-0.15, -0.1) is 0 Å². The Morgan fingerprint density at radius 1 is 1.24 bits per heavy atom. The summed E-state index contributed by atoms with van der Waals surface area (Å²) in [6.45, 7) is 7.82. The van der Waals surface area contributed by atoms with Gasteiger partial charge in [0.15, 0.2) is 0 Å². The molecule has 2 aromatic rings. The van der Waals surface area contributed by atoms with Gasteiger partial charge in [0.05, 0.1) is 30.2 Å². The minimum atomic E-state index is -1.67. The number of halogens is 4. The molecule has 1 heterocycles. The quantitative estimate of drug-likeness (QED) is 0.374. The first-order chi connectivity index (χ1) is 17.9. The van der Waals surface area contributed by atoms with Crippen molar-refractivity contribution >= 4 is 35.2 Å². The number of benzene rings is 2. The summed E-state index contributed by atoms with van der Waals surface area (Å²) in [6, 6.07) is 8.80. The molecule has 0 aliphatic carbocycles. The topological polar surface area (TPSA) is 82.4 Å². The van der Waals surface area contributed by atoms with Crippen LogP contribution in [0.2, 0.25) is 10.0 Å². The largest absolute Gasteiger partial charge is 0.466 e. The molecule has 38 heavy (non-hydrogen) atoms. The molecule has 1 fully saturated rings. The molecule has 2 amide bonds. The minimum absolute atomic E-state index is 0.00893. The summed E-state index contributed by atoms with van der Waals surface area (Å²) in [4.78, 5) is 26.6. The number of esters is 1. The van der Waals surface area contributed by atoms with Gasteiger partial charge in [-0.3, -0.25) is 4.79 Å². The molecule has 3 rings (SSSR count). The third kappa shape index (κ3) is 6.05. The number of likely N-dealkylation sites (tertiary alicyclic amines) is 1. The van der Waals surface area contributed by atoms with E-state index in [0.29, 0.717) is 6.42 Å². The van der Waals surface area contributed by atoms with Crippen LogP contribution in [0.1, 0.15) is 57.7 Å². The predicted octanol–water partition coefficient (Wildman–Crippen LogP) is 6.81. The molecule has 0 aromatic heterocycles. The number of nitrogens with one attached hydrogen (secondary N) is 1. The van der Waals surface area contributed by atoms with Crippen molar-refractivity contribution < 1.29 is 23.1 Å². The third-order valence-corrected chi connectivity index (χ3v) is 7.20. The molecular weight excluding hydrogens is 535 g/mol. The van der Waals surface area contributed by atoms with E-state index in [2.05, 4.69) is 11.4 Å². The van der Waals surface area contributed by atoms with Crippen molar-refractivity contribution in [1.29, 1.82) is 5.26 Å². The van der Waals surface area contributed by atoms with E-state index in [9.17, 15) is 14.9 Å². The molecule has 0 unspecified atom stereocenters. The second-order valence-electron chi connectivity index (χ2n) is 10.6. The number of nitriles is 1. The second-order valence-corrected chi connectivity index (χ2v) is 11.4. The number of carbonyl (C=O) groups excluding carboxylic acids is 2. The van der Waals surface area contributed by atoms with Crippen molar-refractivity contribution in [2.24, 2.45) is 11.3 Å². The average molecular weight is 566 g/mol. The fraction of sp³-hybridized carbons (Fsp3) is 0.464. The van der Waals surface area contributed by atoms with E-state index < -0.39 is 41.0 Å². The monoisotopic (exact) mass is 565 g/mol. The van der Waals surface area contributed by atoms with Crippen LogP contribution >= 0.6 is 23.2 Å². The van der Waals surface area contributed by atoms with Crippen molar-refractivity contribution in [2.75, 3.05) is 19.7 Å². The lowest BCUT2D eigenvalue weighted by atomic mass is 9.63. The van der Waals surface area contributed by atoms with Crippen LogP contribution in [0.4, 0.5) is 13.6 Å². The average Bonchev–Trinajstić information content (AvgIpc) is 3.14. The molecule has 10 heteroatoms. The Hall–Kier alpha value is -2.89. The lowest BCUT2D eigenvalue weighted by molar-refractivity contribution is -0.142. The van der Waals surface area contributed by atoms with Crippen LogP contribution in [-0.2, 0) is 14.9 Å². The second kappa shape index (κ2) is 11.9. The van der Waals surface area contributed by atoms with Crippen LogP contribution in [0.25, 0.3) is 0 Å². The lowest BCUT2D eigenvalue weighted by Crippen LogP contribution is -2.44. The van der Waals surface area contributed by atoms with Gasteiger partial charge in [-0.05, 0) is 37.0 Å². The Morgan fingerprint density at radius 2 is 1.95 bits per heavy atom. The van der Waals surface area contributed by atoms with E-state index in [-0.39, 0.29) is 52.7 Å². The summed E-state index contributed by atoms with van der Waals surface area (Å²) in [5.41, 5.74) is -1.98. The highest BCUT2D eigenvalue weighted by Gasteiger charge is 2.60. The molecule has 3 atom stereocenters. The van der Waals surface area contributed by atoms with E-state index >= 15 is 8.78 Å². The van der Waals surface area contributed by atoms with Gasteiger partial charge in [0.25, 0.3) is 0 Å². The molecule has 0 spiro atoms. The first kappa shape index (κ1) is 29.7. The normalized spacial score (nSPS) is 21.2. The summed E-state index contributed by atoms with van der Waals surface area (Å²) >= 11 is 12.2. The Morgan fingerprint density at radius 3 is 2.55 bits per heavy atom. The van der Waals surface area contributed by atoms with Gasteiger partial charge in [0.2, 0.25) is 0 Å². The van der Waals surface area contributed by atoms with Crippen LogP contribution in [0.5, 0.6) is 0 Å². The highest BCUT2D eigenvalue weighted by Crippen LogP contribution is 2.56. The first-order valence-corrected chi connectivity index (χ1v) is 13.1. The fourth-order valence-corrected chi connectivity index (χ4v) is 5.62. The molecule has 0 saturated carbocycles. The zero-order chi connectivity index (χ0) is 28.3.